The Balaban J connectivity index is 0.00000121. The Morgan fingerprint density at radius 2 is 1.88 bits per heavy atom. The Hall–Kier alpha value is -0.960. The van der Waals surface area contributed by atoms with E-state index >= 15 is 0 Å². The van der Waals surface area contributed by atoms with Crippen molar-refractivity contribution >= 4 is 18.0 Å². The van der Waals surface area contributed by atoms with Crippen LogP contribution in [0.5, 0.6) is 5.75 Å². The lowest BCUT2D eigenvalue weighted by Gasteiger charge is -2.13. The number of hydrogen-bond donors (Lipinski definition) is 0. The number of methoxy groups -OCH3 is 1. The van der Waals surface area contributed by atoms with Gasteiger partial charge in [0.05, 0.1) is 7.11 Å². The Kier molecular flexibility index (Phi) is 9.63. The number of aldehydes is 1. The van der Waals surface area contributed by atoms with Crippen molar-refractivity contribution in [2.45, 2.75) is 32.4 Å². The molecule has 0 fully saturated rings. The topological polar surface area (TPSA) is 26.3 Å². The molecule has 0 aliphatic heterocycles. The van der Waals surface area contributed by atoms with E-state index in [1.807, 2.05) is 38.1 Å². The Morgan fingerprint density at radius 1 is 1.29 bits per heavy atom. The minimum atomic E-state index is 0.276. The zero-order chi connectivity index (χ0) is 13.1. The van der Waals surface area contributed by atoms with Gasteiger partial charge >= 0.3 is 0 Å². The highest BCUT2D eigenvalue weighted by atomic mass is 32.2. The molecule has 0 bridgehead atoms. The molecule has 0 N–H and O–H groups in total. The molecule has 1 aromatic rings. The second kappa shape index (κ2) is 10.2. The fourth-order valence-electron chi connectivity index (χ4n) is 1.41. The molecule has 2 nitrogen and oxygen atoms in total. The monoisotopic (exact) mass is 254 g/mol. The average Bonchev–Trinajstić information content (AvgIpc) is 2.41. The third kappa shape index (κ3) is 5.78. The molecule has 1 unspecified atom stereocenters. The molecule has 0 saturated heterocycles. The molecule has 1 atom stereocenters. The second-order valence-corrected chi connectivity index (χ2v) is 4.60. The SMILES string of the molecule is CC.CCSC(CC=O)c1ccc(OC)cc1. The lowest BCUT2D eigenvalue weighted by Crippen LogP contribution is -1.96. The van der Waals surface area contributed by atoms with Crippen molar-refractivity contribution in [2.24, 2.45) is 0 Å². The Bertz CT molecular complexity index is 296. The van der Waals surface area contributed by atoms with Crippen LogP contribution in [0.1, 0.15) is 38.0 Å². The van der Waals surface area contributed by atoms with Crippen molar-refractivity contribution < 1.29 is 9.53 Å². The predicted octanol–water partition coefficient (Wildman–Crippen LogP) is 4.10. The van der Waals surface area contributed by atoms with E-state index in [9.17, 15) is 4.79 Å². The fraction of sp³-hybridized carbons (Fsp3) is 0.500. The van der Waals surface area contributed by atoms with Gasteiger partial charge in [0.25, 0.3) is 0 Å². The van der Waals surface area contributed by atoms with Gasteiger partial charge in [-0.15, -0.1) is 0 Å². The molecule has 96 valence electrons. The summed E-state index contributed by atoms with van der Waals surface area (Å²) in [4.78, 5) is 10.5. The predicted molar refractivity (Wildman–Crippen MR) is 75.9 cm³/mol. The minimum Gasteiger partial charge on any atom is -0.497 e. The summed E-state index contributed by atoms with van der Waals surface area (Å²) in [6.45, 7) is 6.10. The van der Waals surface area contributed by atoms with Crippen molar-refractivity contribution in [3.63, 3.8) is 0 Å². The summed E-state index contributed by atoms with van der Waals surface area (Å²) in [6, 6.07) is 7.91. The third-order valence-corrected chi connectivity index (χ3v) is 3.37. The first-order valence-electron chi connectivity index (χ1n) is 6.01. The first kappa shape index (κ1) is 16.0. The van der Waals surface area contributed by atoms with Crippen LogP contribution in [0.25, 0.3) is 0 Å². The zero-order valence-electron chi connectivity index (χ0n) is 11.1. The molecule has 0 aliphatic rings. The van der Waals surface area contributed by atoms with Crippen molar-refractivity contribution in [3.05, 3.63) is 29.8 Å². The highest BCUT2D eigenvalue weighted by Gasteiger charge is 2.10. The van der Waals surface area contributed by atoms with Gasteiger partial charge in [-0.25, -0.2) is 0 Å². The number of hydrogen-bond acceptors (Lipinski definition) is 3. The van der Waals surface area contributed by atoms with E-state index < -0.39 is 0 Å². The quantitative estimate of drug-likeness (QED) is 0.715. The summed E-state index contributed by atoms with van der Waals surface area (Å²) < 4.78 is 5.09. The zero-order valence-corrected chi connectivity index (χ0v) is 11.9. The Morgan fingerprint density at radius 3 is 2.29 bits per heavy atom. The lowest BCUT2D eigenvalue weighted by atomic mass is 10.1. The van der Waals surface area contributed by atoms with Crippen molar-refractivity contribution in [1.82, 2.24) is 0 Å². The highest BCUT2D eigenvalue weighted by Crippen LogP contribution is 2.31. The average molecular weight is 254 g/mol. The Labute approximate surface area is 109 Å². The molecule has 0 aliphatic carbocycles. The minimum absolute atomic E-state index is 0.276. The van der Waals surface area contributed by atoms with Crippen LogP contribution in [0.2, 0.25) is 0 Å². The van der Waals surface area contributed by atoms with Gasteiger partial charge in [-0.05, 0) is 23.4 Å². The largest absolute Gasteiger partial charge is 0.497 e. The van der Waals surface area contributed by atoms with E-state index in [0.717, 1.165) is 17.8 Å². The molecule has 0 aromatic heterocycles. The number of benzene rings is 1. The van der Waals surface area contributed by atoms with E-state index in [-0.39, 0.29) is 5.25 Å². The molecule has 1 aromatic carbocycles. The summed E-state index contributed by atoms with van der Waals surface area (Å²) in [7, 11) is 1.65. The number of ether oxygens (including phenoxy) is 1. The molecule has 17 heavy (non-hydrogen) atoms. The summed E-state index contributed by atoms with van der Waals surface area (Å²) in [5.41, 5.74) is 1.19. The second-order valence-electron chi connectivity index (χ2n) is 3.12. The van der Waals surface area contributed by atoms with Crippen LogP contribution >= 0.6 is 11.8 Å². The maximum atomic E-state index is 10.5. The molecule has 3 heteroatoms. The molecular weight excluding hydrogens is 232 g/mol. The first-order chi connectivity index (χ1) is 8.31. The van der Waals surface area contributed by atoms with Crippen LogP contribution < -0.4 is 4.74 Å². The number of rotatable bonds is 6. The maximum Gasteiger partial charge on any atom is 0.121 e. The molecule has 0 radical (unpaired) electrons. The lowest BCUT2D eigenvalue weighted by molar-refractivity contribution is -0.107. The maximum absolute atomic E-state index is 10.5. The smallest absolute Gasteiger partial charge is 0.121 e. The van der Waals surface area contributed by atoms with Crippen molar-refractivity contribution in [3.8, 4) is 5.75 Å². The van der Waals surface area contributed by atoms with Gasteiger partial charge in [0.1, 0.15) is 12.0 Å². The van der Waals surface area contributed by atoms with Crippen LogP contribution in [0.15, 0.2) is 24.3 Å². The number of carbonyl (C=O) groups is 1. The number of thioether (sulfide) groups is 1. The van der Waals surface area contributed by atoms with Crippen molar-refractivity contribution in [2.75, 3.05) is 12.9 Å². The molecule has 1 rings (SSSR count). The van der Waals surface area contributed by atoms with Crippen molar-refractivity contribution in [1.29, 1.82) is 0 Å². The molecule has 0 spiro atoms. The van der Waals surface area contributed by atoms with E-state index in [4.69, 9.17) is 4.74 Å². The fourth-order valence-corrected chi connectivity index (χ4v) is 2.37. The van der Waals surface area contributed by atoms with Crippen LogP contribution in [-0.4, -0.2) is 19.1 Å². The normalized spacial score (nSPS) is 11.1. The van der Waals surface area contributed by atoms with Crippen LogP contribution in [0.4, 0.5) is 0 Å². The van der Waals surface area contributed by atoms with E-state index in [1.165, 1.54) is 5.56 Å². The van der Waals surface area contributed by atoms with Gasteiger partial charge in [-0.2, -0.15) is 11.8 Å². The molecule has 0 amide bonds. The van der Waals surface area contributed by atoms with Crippen LogP contribution in [0.3, 0.4) is 0 Å². The summed E-state index contributed by atoms with van der Waals surface area (Å²) in [5.74, 6) is 1.87. The van der Waals surface area contributed by atoms with E-state index in [1.54, 1.807) is 18.9 Å². The molecule has 0 heterocycles. The summed E-state index contributed by atoms with van der Waals surface area (Å²) in [5, 5.41) is 0.276. The molecular formula is C14H22O2S. The molecule has 0 saturated carbocycles. The number of carbonyl (C=O) groups excluding carboxylic acids is 1. The highest BCUT2D eigenvalue weighted by molar-refractivity contribution is 7.99. The van der Waals surface area contributed by atoms with Crippen LogP contribution in [-0.2, 0) is 4.79 Å². The van der Waals surface area contributed by atoms with Gasteiger partial charge in [-0.3, -0.25) is 0 Å². The van der Waals surface area contributed by atoms with Gasteiger partial charge in [-0.1, -0.05) is 32.9 Å². The van der Waals surface area contributed by atoms with Gasteiger partial charge in [0.2, 0.25) is 0 Å². The van der Waals surface area contributed by atoms with Gasteiger partial charge < -0.3 is 9.53 Å². The third-order valence-electron chi connectivity index (χ3n) is 2.17. The van der Waals surface area contributed by atoms with E-state index in [0.29, 0.717) is 6.42 Å². The van der Waals surface area contributed by atoms with Gasteiger partial charge in [0.15, 0.2) is 0 Å². The first-order valence-corrected chi connectivity index (χ1v) is 7.05. The van der Waals surface area contributed by atoms with Crippen LogP contribution in [0, 0.1) is 0 Å². The summed E-state index contributed by atoms with van der Waals surface area (Å²) >= 11 is 1.80. The van der Waals surface area contributed by atoms with Gasteiger partial charge in [0, 0.05) is 11.7 Å². The summed E-state index contributed by atoms with van der Waals surface area (Å²) in [6.07, 6.45) is 1.56. The standard InChI is InChI=1S/C12H16O2S.C2H6/c1-3-15-12(8-9-13)10-4-6-11(14-2)7-5-10;1-2/h4-7,9,12H,3,8H2,1-2H3;1-2H3. The van der Waals surface area contributed by atoms with E-state index in [2.05, 4.69) is 6.92 Å².